The minimum atomic E-state index is -4.60. The number of amides is 2. The molecule has 1 aliphatic heterocycles. The lowest BCUT2D eigenvalue weighted by molar-refractivity contribution is -0.153. The van der Waals surface area contributed by atoms with Crippen LogP contribution in [-0.4, -0.2) is 59.8 Å². The van der Waals surface area contributed by atoms with Gasteiger partial charge >= 0.3 is 6.18 Å². The van der Waals surface area contributed by atoms with Crippen molar-refractivity contribution in [1.29, 1.82) is 0 Å². The number of nitrogens with one attached hydrogen (secondary N) is 2. The molecule has 2 N–H and O–H groups in total. The van der Waals surface area contributed by atoms with Crippen LogP contribution in [0.4, 0.5) is 23.4 Å². The summed E-state index contributed by atoms with van der Waals surface area (Å²) >= 11 is 0. The average molecular weight is 570 g/mol. The zero-order valence-electron chi connectivity index (χ0n) is 20.9. The van der Waals surface area contributed by atoms with Crippen LogP contribution >= 0.6 is 0 Å². The van der Waals surface area contributed by atoms with E-state index in [9.17, 15) is 31.2 Å². The molecule has 1 aromatic carbocycles. The standard InChI is InChI=1S/C24H23F4N5O5S/c1-13-4-7-18(29-10-13)33-21(30-19(34)11-39(3,36)37)20-17(32-33)9-23(2,31-22(20)35)15-6-5-14(8-16(15)25)38-12-24(26,27)28/h4-8,10H,9,11-12H2,1-3H3,(H,30,34)(H,31,35)/t23-/m0/s1. The monoisotopic (exact) mass is 569 g/mol. The van der Waals surface area contributed by atoms with Gasteiger partial charge in [-0.3, -0.25) is 9.59 Å². The highest BCUT2D eigenvalue weighted by Crippen LogP contribution is 2.37. The molecule has 15 heteroatoms. The lowest BCUT2D eigenvalue weighted by Crippen LogP contribution is -2.49. The number of pyridine rings is 1. The Labute approximate surface area is 220 Å². The molecule has 0 unspecified atom stereocenters. The number of carbonyl (C=O) groups excluding carboxylic acids is 2. The fraction of sp³-hybridized carbons (Fsp3) is 0.333. The van der Waals surface area contributed by atoms with Crippen LogP contribution < -0.4 is 15.4 Å². The maximum atomic E-state index is 15.1. The van der Waals surface area contributed by atoms with Crippen molar-refractivity contribution in [3.05, 3.63) is 64.7 Å². The highest BCUT2D eigenvalue weighted by molar-refractivity contribution is 7.91. The van der Waals surface area contributed by atoms with E-state index in [-0.39, 0.29) is 40.6 Å². The summed E-state index contributed by atoms with van der Waals surface area (Å²) in [4.78, 5) is 30.1. The summed E-state index contributed by atoms with van der Waals surface area (Å²) in [6, 6.07) is 6.45. The number of nitrogens with zero attached hydrogens (tertiary/aromatic N) is 3. The Morgan fingerprint density at radius 1 is 1.26 bits per heavy atom. The zero-order chi connectivity index (χ0) is 28.8. The van der Waals surface area contributed by atoms with Crippen molar-refractivity contribution < 1.29 is 40.3 Å². The van der Waals surface area contributed by atoms with Gasteiger partial charge in [-0.2, -0.15) is 23.0 Å². The summed E-state index contributed by atoms with van der Waals surface area (Å²) in [6.07, 6.45) is -2.27. The normalized spacial score (nSPS) is 17.4. The molecule has 0 saturated carbocycles. The predicted octanol–water partition coefficient (Wildman–Crippen LogP) is 2.84. The fourth-order valence-corrected chi connectivity index (χ4v) is 4.70. The minimum Gasteiger partial charge on any atom is -0.484 e. The summed E-state index contributed by atoms with van der Waals surface area (Å²) in [5.41, 5.74) is -0.518. The first-order valence-electron chi connectivity index (χ1n) is 11.4. The van der Waals surface area contributed by atoms with Crippen molar-refractivity contribution in [1.82, 2.24) is 20.1 Å². The Morgan fingerprint density at radius 2 is 1.97 bits per heavy atom. The fourth-order valence-electron chi connectivity index (χ4n) is 4.15. The molecular weight excluding hydrogens is 546 g/mol. The van der Waals surface area contributed by atoms with Crippen molar-refractivity contribution in [2.24, 2.45) is 0 Å². The van der Waals surface area contributed by atoms with E-state index in [2.05, 4.69) is 25.5 Å². The lowest BCUT2D eigenvalue weighted by atomic mass is 9.83. The van der Waals surface area contributed by atoms with Gasteiger partial charge in [0.05, 0.1) is 11.2 Å². The molecule has 0 bridgehead atoms. The molecule has 10 nitrogen and oxygen atoms in total. The number of hydrogen-bond acceptors (Lipinski definition) is 7. The summed E-state index contributed by atoms with van der Waals surface area (Å²) in [5, 5.41) is 9.54. The second-order valence-electron chi connectivity index (χ2n) is 9.40. The molecule has 3 heterocycles. The number of anilines is 1. The molecule has 1 aliphatic rings. The van der Waals surface area contributed by atoms with Gasteiger partial charge < -0.3 is 15.4 Å². The third-order valence-corrected chi connectivity index (χ3v) is 6.58. The lowest BCUT2D eigenvalue weighted by Gasteiger charge is -2.34. The topological polar surface area (TPSA) is 132 Å². The van der Waals surface area contributed by atoms with E-state index in [0.29, 0.717) is 0 Å². The second-order valence-corrected chi connectivity index (χ2v) is 11.5. The number of aromatic nitrogens is 3. The van der Waals surface area contributed by atoms with E-state index in [1.165, 1.54) is 23.9 Å². The van der Waals surface area contributed by atoms with Crippen LogP contribution in [0, 0.1) is 12.7 Å². The van der Waals surface area contributed by atoms with E-state index < -0.39 is 51.5 Å². The number of fused-ring (bicyclic) bond motifs is 1. The van der Waals surface area contributed by atoms with Gasteiger partial charge in [0.15, 0.2) is 28.1 Å². The SMILES string of the molecule is Cc1ccc(-n2nc3c(c2NC(=O)CS(C)(=O)=O)C(=O)N[C@](C)(c2ccc(OCC(F)(F)F)cc2F)C3)nc1. The van der Waals surface area contributed by atoms with Crippen LogP contribution in [0.5, 0.6) is 5.75 Å². The van der Waals surface area contributed by atoms with E-state index in [0.717, 1.165) is 24.0 Å². The second kappa shape index (κ2) is 9.94. The molecule has 4 rings (SSSR count). The van der Waals surface area contributed by atoms with Crippen molar-refractivity contribution >= 4 is 27.5 Å². The van der Waals surface area contributed by atoms with Crippen LogP contribution in [0.15, 0.2) is 36.5 Å². The molecule has 0 spiro atoms. The molecule has 0 aliphatic carbocycles. The Kier molecular flexibility index (Phi) is 7.14. The maximum absolute atomic E-state index is 15.1. The number of benzene rings is 1. The number of alkyl halides is 3. The van der Waals surface area contributed by atoms with Crippen LogP contribution in [0.1, 0.15) is 34.1 Å². The van der Waals surface area contributed by atoms with Gasteiger partial charge in [-0.25, -0.2) is 17.8 Å². The number of ether oxygens (including phenoxy) is 1. The first kappa shape index (κ1) is 28.0. The van der Waals surface area contributed by atoms with Gasteiger partial charge in [0.25, 0.3) is 5.91 Å². The first-order chi connectivity index (χ1) is 18.0. The quantitative estimate of drug-likeness (QED) is 0.418. The van der Waals surface area contributed by atoms with Gasteiger partial charge in [-0.05, 0) is 31.5 Å². The number of rotatable bonds is 7. The predicted molar refractivity (Wildman–Crippen MR) is 131 cm³/mol. The summed E-state index contributed by atoms with van der Waals surface area (Å²) in [6.45, 7) is 1.71. The molecule has 2 aromatic heterocycles. The van der Waals surface area contributed by atoms with Gasteiger partial charge in [-0.15, -0.1) is 0 Å². The largest absolute Gasteiger partial charge is 0.484 e. The van der Waals surface area contributed by atoms with Crippen LogP contribution in [0.3, 0.4) is 0 Å². The number of hydrogen-bond donors (Lipinski definition) is 2. The van der Waals surface area contributed by atoms with Gasteiger partial charge in [0.1, 0.15) is 22.9 Å². The highest BCUT2D eigenvalue weighted by Gasteiger charge is 2.42. The summed E-state index contributed by atoms with van der Waals surface area (Å²) in [5.74, 6) is -3.66. The van der Waals surface area contributed by atoms with E-state index in [1.54, 1.807) is 19.1 Å². The molecule has 2 amide bonds. The average Bonchev–Trinajstić information content (AvgIpc) is 3.14. The minimum absolute atomic E-state index is 0.0356. The zero-order valence-corrected chi connectivity index (χ0v) is 21.7. The van der Waals surface area contributed by atoms with Gasteiger partial charge in [0.2, 0.25) is 5.91 Å². The Hall–Kier alpha value is -4.01. The summed E-state index contributed by atoms with van der Waals surface area (Å²) in [7, 11) is -3.69. The Morgan fingerprint density at radius 3 is 2.56 bits per heavy atom. The van der Waals surface area contributed by atoms with Crippen LogP contribution in [0.25, 0.3) is 5.82 Å². The van der Waals surface area contributed by atoms with Crippen molar-refractivity contribution in [3.63, 3.8) is 0 Å². The highest BCUT2D eigenvalue weighted by atomic mass is 32.2. The van der Waals surface area contributed by atoms with E-state index in [4.69, 9.17) is 0 Å². The van der Waals surface area contributed by atoms with Gasteiger partial charge in [0, 0.05) is 30.5 Å². The van der Waals surface area contributed by atoms with Crippen LogP contribution in [-0.2, 0) is 26.6 Å². The van der Waals surface area contributed by atoms with E-state index in [1.807, 2.05) is 0 Å². The van der Waals surface area contributed by atoms with Gasteiger partial charge in [-0.1, -0.05) is 12.1 Å². The molecule has 1 atom stereocenters. The summed E-state index contributed by atoms with van der Waals surface area (Å²) < 4.78 is 81.5. The molecule has 208 valence electrons. The smallest absolute Gasteiger partial charge is 0.422 e. The Balaban J connectivity index is 1.73. The van der Waals surface area contributed by atoms with Crippen LogP contribution in [0.2, 0.25) is 0 Å². The van der Waals surface area contributed by atoms with E-state index >= 15 is 4.39 Å². The molecule has 0 fully saturated rings. The Bertz CT molecular complexity index is 1550. The first-order valence-corrected chi connectivity index (χ1v) is 13.5. The molecule has 0 radical (unpaired) electrons. The third-order valence-electron chi connectivity index (χ3n) is 5.80. The third kappa shape index (κ3) is 6.35. The van der Waals surface area contributed by atoms with Crippen molar-refractivity contribution in [2.75, 3.05) is 23.9 Å². The molecule has 0 saturated heterocycles. The number of carbonyl (C=O) groups is 2. The molecular formula is C24H23F4N5O5S. The van der Waals surface area contributed by atoms with Crippen molar-refractivity contribution in [3.8, 4) is 11.6 Å². The number of aryl methyl sites for hydroxylation is 1. The molecule has 3 aromatic rings. The molecule has 39 heavy (non-hydrogen) atoms. The number of halogens is 4. The van der Waals surface area contributed by atoms with Crippen molar-refractivity contribution in [2.45, 2.75) is 32.0 Å². The number of sulfone groups is 1. The maximum Gasteiger partial charge on any atom is 0.422 e.